The highest BCUT2D eigenvalue weighted by Crippen LogP contribution is 2.36. The van der Waals surface area contributed by atoms with Gasteiger partial charge in [0.05, 0.1) is 29.2 Å². The molecule has 0 aromatic carbocycles. The minimum Gasteiger partial charge on any atom is -0.478 e. The highest BCUT2D eigenvalue weighted by molar-refractivity contribution is 7.88. The Morgan fingerprint density at radius 3 is 2.75 bits per heavy atom. The molecule has 1 fully saturated rings. The van der Waals surface area contributed by atoms with Gasteiger partial charge in [0.1, 0.15) is 0 Å². The molecule has 1 N–H and O–H groups in total. The molecular formula is C15H16N4O4S. The predicted molar refractivity (Wildman–Crippen MR) is 85.7 cm³/mol. The van der Waals surface area contributed by atoms with Crippen molar-refractivity contribution in [3.8, 4) is 11.3 Å². The molecule has 1 atom stereocenters. The van der Waals surface area contributed by atoms with Crippen LogP contribution in [0, 0.1) is 0 Å². The van der Waals surface area contributed by atoms with Crippen LogP contribution in [0.25, 0.3) is 11.3 Å². The first kappa shape index (κ1) is 16.5. The van der Waals surface area contributed by atoms with E-state index in [-0.39, 0.29) is 5.56 Å². The van der Waals surface area contributed by atoms with Crippen molar-refractivity contribution < 1.29 is 18.3 Å². The maximum absolute atomic E-state index is 12.0. The lowest BCUT2D eigenvalue weighted by molar-refractivity contribution is 0.0696. The Balaban J connectivity index is 2.09. The summed E-state index contributed by atoms with van der Waals surface area (Å²) >= 11 is 0. The van der Waals surface area contributed by atoms with Gasteiger partial charge in [0.25, 0.3) is 0 Å². The van der Waals surface area contributed by atoms with Gasteiger partial charge in [0.2, 0.25) is 10.0 Å². The summed E-state index contributed by atoms with van der Waals surface area (Å²) in [6.07, 6.45) is 8.30. The lowest BCUT2D eigenvalue weighted by Gasteiger charge is -2.23. The van der Waals surface area contributed by atoms with Crippen LogP contribution in [0.1, 0.15) is 34.9 Å². The van der Waals surface area contributed by atoms with Gasteiger partial charge in [0.15, 0.2) is 0 Å². The normalized spacial score (nSPS) is 18.6. The van der Waals surface area contributed by atoms with Gasteiger partial charge in [-0.1, -0.05) is 0 Å². The lowest BCUT2D eigenvalue weighted by atomic mass is 10.0. The van der Waals surface area contributed by atoms with Gasteiger partial charge in [-0.2, -0.15) is 4.31 Å². The van der Waals surface area contributed by atoms with Crippen LogP contribution in [0.15, 0.2) is 30.9 Å². The summed E-state index contributed by atoms with van der Waals surface area (Å²) in [5.41, 5.74) is 1.51. The zero-order valence-electron chi connectivity index (χ0n) is 13.0. The van der Waals surface area contributed by atoms with Crippen LogP contribution in [-0.4, -0.2) is 51.6 Å². The van der Waals surface area contributed by atoms with Crippen molar-refractivity contribution >= 4 is 16.0 Å². The number of nitrogens with zero attached hydrogens (tertiary/aromatic N) is 4. The van der Waals surface area contributed by atoms with E-state index in [1.54, 1.807) is 0 Å². The van der Waals surface area contributed by atoms with Crippen molar-refractivity contribution in [2.45, 2.75) is 18.9 Å². The summed E-state index contributed by atoms with van der Waals surface area (Å²) in [7, 11) is -3.36. The Bertz CT molecular complexity index is 885. The SMILES string of the molecule is CS(=O)(=O)N1CCC[C@H]1c1nccnc1-c1cncc(C(=O)O)c1. The molecule has 0 bridgehead atoms. The van der Waals surface area contributed by atoms with E-state index in [1.807, 2.05) is 0 Å². The Kier molecular flexibility index (Phi) is 4.29. The first-order chi connectivity index (χ1) is 11.4. The minimum absolute atomic E-state index is 0.0375. The van der Waals surface area contributed by atoms with E-state index in [2.05, 4.69) is 15.0 Å². The molecule has 1 aliphatic rings. The fourth-order valence-electron chi connectivity index (χ4n) is 2.91. The number of carboxylic acid groups (broad SMARTS) is 1. The first-order valence-corrected chi connectivity index (χ1v) is 9.19. The summed E-state index contributed by atoms with van der Waals surface area (Å²) in [6.45, 7) is 0.437. The number of carboxylic acids is 1. The molecule has 126 valence electrons. The van der Waals surface area contributed by atoms with Gasteiger partial charge in [-0.25, -0.2) is 13.2 Å². The zero-order valence-corrected chi connectivity index (χ0v) is 13.8. The van der Waals surface area contributed by atoms with Crippen molar-refractivity contribution in [2.24, 2.45) is 0 Å². The van der Waals surface area contributed by atoms with Crippen LogP contribution in [0.4, 0.5) is 0 Å². The van der Waals surface area contributed by atoms with E-state index in [9.17, 15) is 13.2 Å². The van der Waals surface area contributed by atoms with Crippen molar-refractivity contribution in [1.82, 2.24) is 19.3 Å². The highest BCUT2D eigenvalue weighted by Gasteiger charge is 2.35. The number of hydrogen-bond donors (Lipinski definition) is 1. The van der Waals surface area contributed by atoms with Crippen molar-refractivity contribution in [2.75, 3.05) is 12.8 Å². The van der Waals surface area contributed by atoms with Gasteiger partial charge < -0.3 is 5.11 Å². The summed E-state index contributed by atoms with van der Waals surface area (Å²) in [4.78, 5) is 23.7. The fourth-order valence-corrected chi connectivity index (χ4v) is 4.04. The summed E-state index contributed by atoms with van der Waals surface area (Å²) in [6, 6.07) is 1.06. The second kappa shape index (κ2) is 6.25. The average molecular weight is 348 g/mol. The molecule has 1 saturated heterocycles. The van der Waals surface area contributed by atoms with E-state index in [1.165, 1.54) is 41.4 Å². The molecule has 0 spiro atoms. The average Bonchev–Trinajstić information content (AvgIpc) is 3.05. The fraction of sp³-hybridized carbons (Fsp3) is 0.333. The number of rotatable bonds is 4. The van der Waals surface area contributed by atoms with Crippen molar-refractivity contribution in [3.63, 3.8) is 0 Å². The molecule has 3 rings (SSSR count). The van der Waals surface area contributed by atoms with Gasteiger partial charge in [-0.05, 0) is 18.9 Å². The molecule has 2 aromatic heterocycles. The number of hydrogen-bond acceptors (Lipinski definition) is 6. The summed E-state index contributed by atoms with van der Waals surface area (Å²) < 4.78 is 25.4. The number of sulfonamides is 1. The first-order valence-electron chi connectivity index (χ1n) is 7.34. The topological polar surface area (TPSA) is 113 Å². The van der Waals surface area contributed by atoms with Crippen LogP contribution in [0.5, 0.6) is 0 Å². The molecule has 0 saturated carbocycles. The van der Waals surface area contributed by atoms with Crippen LogP contribution in [0.2, 0.25) is 0 Å². The Morgan fingerprint density at radius 2 is 2.04 bits per heavy atom. The Labute approximate surface area is 139 Å². The van der Waals surface area contributed by atoms with Gasteiger partial charge in [-0.15, -0.1) is 0 Å². The smallest absolute Gasteiger partial charge is 0.337 e. The molecular weight excluding hydrogens is 332 g/mol. The standard InChI is InChI=1S/C15H16N4O4S/c1-24(22,23)19-6-2-3-12(19)14-13(17-4-5-18-14)10-7-11(15(20)21)9-16-8-10/h4-5,7-9,12H,2-3,6H2,1H3,(H,20,21)/t12-/m0/s1. The summed E-state index contributed by atoms with van der Waals surface area (Å²) in [5.74, 6) is -1.09. The van der Waals surface area contributed by atoms with Gasteiger partial charge >= 0.3 is 5.97 Å². The second-order valence-corrected chi connectivity index (χ2v) is 7.52. The molecule has 0 unspecified atom stereocenters. The third-order valence-corrected chi connectivity index (χ3v) is 5.22. The maximum atomic E-state index is 12.0. The number of aromatic nitrogens is 3. The molecule has 3 heterocycles. The minimum atomic E-state index is -3.36. The van der Waals surface area contributed by atoms with E-state index in [0.717, 1.165) is 6.42 Å². The van der Waals surface area contributed by atoms with Gasteiger partial charge in [0, 0.05) is 36.9 Å². The molecule has 24 heavy (non-hydrogen) atoms. The molecule has 2 aromatic rings. The second-order valence-electron chi connectivity index (χ2n) is 5.59. The maximum Gasteiger partial charge on any atom is 0.337 e. The third-order valence-electron chi connectivity index (χ3n) is 3.93. The Morgan fingerprint density at radius 1 is 1.29 bits per heavy atom. The number of carbonyl (C=O) groups is 1. The van der Waals surface area contributed by atoms with Crippen molar-refractivity contribution in [3.05, 3.63) is 42.1 Å². The predicted octanol–water partition coefficient (Wildman–Crippen LogP) is 1.33. The van der Waals surface area contributed by atoms with Crippen LogP contribution in [0.3, 0.4) is 0 Å². The molecule has 0 amide bonds. The van der Waals surface area contributed by atoms with Crippen LogP contribution in [-0.2, 0) is 10.0 Å². The van der Waals surface area contributed by atoms with Crippen LogP contribution >= 0.6 is 0 Å². The van der Waals surface area contributed by atoms with E-state index in [4.69, 9.17) is 5.11 Å². The molecule has 8 nitrogen and oxygen atoms in total. The van der Waals surface area contributed by atoms with E-state index < -0.39 is 22.0 Å². The molecule has 9 heteroatoms. The molecule has 0 radical (unpaired) electrons. The van der Waals surface area contributed by atoms with E-state index in [0.29, 0.717) is 29.9 Å². The quantitative estimate of drug-likeness (QED) is 0.886. The number of aromatic carboxylic acids is 1. The van der Waals surface area contributed by atoms with Crippen molar-refractivity contribution in [1.29, 1.82) is 0 Å². The zero-order chi connectivity index (χ0) is 17.3. The highest BCUT2D eigenvalue weighted by atomic mass is 32.2. The molecule has 0 aliphatic carbocycles. The monoisotopic (exact) mass is 348 g/mol. The number of pyridine rings is 1. The lowest BCUT2D eigenvalue weighted by Crippen LogP contribution is -2.30. The third kappa shape index (κ3) is 3.13. The Hall–Kier alpha value is -2.39. The van der Waals surface area contributed by atoms with Crippen LogP contribution < -0.4 is 0 Å². The molecule has 1 aliphatic heterocycles. The van der Waals surface area contributed by atoms with E-state index >= 15 is 0 Å². The largest absolute Gasteiger partial charge is 0.478 e. The summed E-state index contributed by atoms with van der Waals surface area (Å²) in [5, 5.41) is 9.12. The van der Waals surface area contributed by atoms with Gasteiger partial charge in [-0.3, -0.25) is 15.0 Å².